The normalized spacial score (nSPS) is 46.2. The number of aliphatic hydroxyl groups excluding tert-OH is 1. The van der Waals surface area contributed by atoms with Crippen LogP contribution in [0.1, 0.15) is 77.0 Å². The maximum absolute atomic E-state index is 11.6. The second-order valence-corrected chi connectivity index (χ2v) is 12.5. The highest BCUT2D eigenvalue weighted by Crippen LogP contribution is 2.67. The van der Waals surface area contributed by atoms with Gasteiger partial charge < -0.3 is 10.2 Å². The molecule has 0 radical (unpaired) electrons. The van der Waals surface area contributed by atoms with E-state index >= 15 is 0 Å². The molecule has 5 rings (SSSR count). The van der Waals surface area contributed by atoms with Crippen LogP contribution in [0.15, 0.2) is 29.2 Å². The molecule has 0 saturated heterocycles. The topological polar surface area (TPSA) is 40.5 Å². The summed E-state index contributed by atoms with van der Waals surface area (Å²) in [7, 11) is 0. The minimum absolute atomic E-state index is 0.122. The van der Waals surface area contributed by atoms with E-state index < -0.39 is 5.60 Å². The summed E-state index contributed by atoms with van der Waals surface area (Å²) in [5.74, 6) is 2.67. The zero-order valence-electron chi connectivity index (χ0n) is 18.4. The molecule has 0 bridgehead atoms. The summed E-state index contributed by atoms with van der Waals surface area (Å²) in [4.78, 5) is 1.31. The Balaban J connectivity index is 1.41. The van der Waals surface area contributed by atoms with Gasteiger partial charge in [0.25, 0.3) is 0 Å². The molecule has 2 nitrogen and oxygen atoms in total. The predicted octanol–water partition coefficient (Wildman–Crippen LogP) is 5.98. The van der Waals surface area contributed by atoms with Gasteiger partial charge in [0.1, 0.15) is 0 Å². The van der Waals surface area contributed by atoms with Crippen molar-refractivity contribution in [2.75, 3.05) is 0 Å². The quantitative estimate of drug-likeness (QED) is 0.597. The van der Waals surface area contributed by atoms with Gasteiger partial charge in [-0.05, 0) is 104 Å². The fourth-order valence-corrected chi connectivity index (χ4v) is 9.42. The Bertz CT molecular complexity index is 781. The smallest absolute Gasteiger partial charge is 0.0701 e. The summed E-state index contributed by atoms with van der Waals surface area (Å²) >= 11 is 1.78. The van der Waals surface area contributed by atoms with E-state index in [4.69, 9.17) is 0 Å². The summed E-state index contributed by atoms with van der Waals surface area (Å²) in [6.45, 7) is 7.13. The molecule has 3 heteroatoms. The third-order valence-electron chi connectivity index (χ3n) is 9.94. The first-order chi connectivity index (χ1) is 13.7. The second kappa shape index (κ2) is 6.93. The molecule has 1 heterocycles. The maximum atomic E-state index is 11.6. The Hall–Kier alpha value is -0.640. The second-order valence-electron chi connectivity index (χ2n) is 11.4. The molecular formula is C26H38O2S. The third-order valence-corrected chi connectivity index (χ3v) is 10.8. The van der Waals surface area contributed by atoms with Crippen molar-refractivity contribution in [2.24, 2.45) is 34.5 Å². The fraction of sp³-hybridized carbons (Fsp3) is 0.769. The zero-order valence-corrected chi connectivity index (χ0v) is 19.2. The molecule has 4 aliphatic carbocycles. The van der Waals surface area contributed by atoms with Crippen molar-refractivity contribution in [3.63, 3.8) is 0 Å². The van der Waals surface area contributed by atoms with Gasteiger partial charge in [-0.15, -0.1) is 11.3 Å². The van der Waals surface area contributed by atoms with Crippen molar-refractivity contribution in [1.82, 2.24) is 0 Å². The van der Waals surface area contributed by atoms with Crippen LogP contribution < -0.4 is 0 Å². The summed E-state index contributed by atoms with van der Waals surface area (Å²) in [5.41, 5.74) is 1.51. The molecule has 4 aliphatic rings. The van der Waals surface area contributed by atoms with Crippen molar-refractivity contribution in [2.45, 2.75) is 90.3 Å². The average molecular weight is 415 g/mol. The van der Waals surface area contributed by atoms with Crippen LogP contribution in [-0.4, -0.2) is 21.9 Å². The Morgan fingerprint density at radius 3 is 2.72 bits per heavy atom. The van der Waals surface area contributed by atoms with Crippen LogP contribution in [0.4, 0.5) is 0 Å². The molecule has 3 saturated carbocycles. The molecule has 29 heavy (non-hydrogen) atoms. The number of hydrogen-bond acceptors (Lipinski definition) is 3. The summed E-state index contributed by atoms with van der Waals surface area (Å²) in [5, 5.41) is 24.0. The van der Waals surface area contributed by atoms with Crippen LogP contribution in [0.3, 0.4) is 0 Å². The lowest BCUT2D eigenvalue weighted by Gasteiger charge is -2.59. The zero-order chi connectivity index (χ0) is 20.4. The van der Waals surface area contributed by atoms with Crippen molar-refractivity contribution in [3.8, 4) is 0 Å². The molecule has 1 aromatic heterocycles. The van der Waals surface area contributed by atoms with Crippen molar-refractivity contribution in [1.29, 1.82) is 0 Å². The molecule has 0 aromatic carbocycles. The molecule has 0 unspecified atom stereocenters. The molecule has 160 valence electrons. The molecule has 0 amide bonds. The van der Waals surface area contributed by atoms with Crippen molar-refractivity contribution >= 4 is 11.3 Å². The van der Waals surface area contributed by atoms with Gasteiger partial charge in [-0.25, -0.2) is 0 Å². The minimum atomic E-state index is -0.615. The van der Waals surface area contributed by atoms with Gasteiger partial charge >= 0.3 is 0 Å². The lowest BCUT2D eigenvalue weighted by Crippen LogP contribution is -2.53. The maximum Gasteiger partial charge on any atom is 0.0701 e. The van der Waals surface area contributed by atoms with Gasteiger partial charge in [-0.1, -0.05) is 31.6 Å². The Morgan fingerprint density at radius 1 is 1.14 bits per heavy atom. The van der Waals surface area contributed by atoms with Crippen LogP contribution in [-0.2, 0) is 6.42 Å². The van der Waals surface area contributed by atoms with E-state index in [1.807, 2.05) is 0 Å². The van der Waals surface area contributed by atoms with Gasteiger partial charge in [0.15, 0.2) is 0 Å². The molecule has 8 atom stereocenters. The first kappa shape index (κ1) is 20.3. The number of rotatable bonds is 3. The van der Waals surface area contributed by atoms with E-state index in [2.05, 4.69) is 44.4 Å². The number of fused-ring (bicyclic) bond motifs is 5. The third kappa shape index (κ3) is 3.10. The van der Waals surface area contributed by atoms with E-state index in [1.54, 1.807) is 16.9 Å². The Kier molecular flexibility index (Phi) is 4.85. The minimum Gasteiger partial charge on any atom is -0.393 e. The molecule has 0 spiro atoms. The summed E-state index contributed by atoms with van der Waals surface area (Å²) in [6.07, 6.45) is 12.4. The van der Waals surface area contributed by atoms with E-state index in [1.165, 1.54) is 37.0 Å². The van der Waals surface area contributed by atoms with E-state index in [-0.39, 0.29) is 11.5 Å². The van der Waals surface area contributed by atoms with Crippen LogP contribution in [0.5, 0.6) is 0 Å². The van der Waals surface area contributed by atoms with Crippen LogP contribution in [0.2, 0.25) is 0 Å². The van der Waals surface area contributed by atoms with Crippen LogP contribution in [0, 0.1) is 34.5 Å². The van der Waals surface area contributed by atoms with Crippen molar-refractivity contribution in [3.05, 3.63) is 34.0 Å². The molecule has 0 aliphatic heterocycles. The molecular weight excluding hydrogens is 376 g/mol. The van der Waals surface area contributed by atoms with Gasteiger partial charge in [-0.2, -0.15) is 0 Å². The number of allylic oxidation sites excluding steroid dienone is 1. The number of hydrogen-bond donors (Lipinski definition) is 2. The monoisotopic (exact) mass is 414 g/mol. The van der Waals surface area contributed by atoms with Gasteiger partial charge in [-0.3, -0.25) is 0 Å². The SMILES string of the molecule is C[C@]12CC[C@H]3[C@@H](CC=C4C[C@@H](O)CC[C@@]43C)[C@@H]1CC[C@@H]2[C@@](C)(O)Cc1cccs1. The standard InChI is InChI=1S/C26H38O2S/c1-24-12-10-18(27)15-17(24)6-7-20-21-8-9-23(25(21,2)13-11-22(20)24)26(3,28)16-19-5-4-14-29-19/h4-6,14,18,20-23,27-28H,7-13,15-16H2,1-3H3/t18-,20-,21-,22-,23-,24-,25-,26-/m0/s1. The lowest BCUT2D eigenvalue weighted by atomic mass is 9.46. The highest BCUT2D eigenvalue weighted by molar-refractivity contribution is 7.09. The lowest BCUT2D eigenvalue weighted by molar-refractivity contribution is -0.101. The predicted molar refractivity (Wildman–Crippen MR) is 120 cm³/mol. The van der Waals surface area contributed by atoms with E-state index in [0.717, 1.165) is 43.4 Å². The summed E-state index contributed by atoms with van der Waals surface area (Å²) in [6, 6.07) is 4.28. The molecule has 3 fully saturated rings. The Morgan fingerprint density at radius 2 is 1.97 bits per heavy atom. The highest BCUT2D eigenvalue weighted by atomic mass is 32.1. The Labute approximate surface area is 180 Å². The number of thiophene rings is 1. The van der Waals surface area contributed by atoms with Gasteiger partial charge in [0, 0.05) is 11.3 Å². The molecule has 1 aromatic rings. The van der Waals surface area contributed by atoms with Gasteiger partial charge in [0.05, 0.1) is 11.7 Å². The average Bonchev–Trinajstić information content (AvgIpc) is 3.29. The van der Waals surface area contributed by atoms with Gasteiger partial charge in [0.2, 0.25) is 0 Å². The number of aliphatic hydroxyl groups is 2. The van der Waals surface area contributed by atoms with Crippen LogP contribution >= 0.6 is 11.3 Å². The highest BCUT2D eigenvalue weighted by Gasteiger charge is 2.61. The molecule has 2 N–H and O–H groups in total. The van der Waals surface area contributed by atoms with Crippen LogP contribution in [0.25, 0.3) is 0 Å². The first-order valence-corrected chi connectivity index (χ1v) is 12.7. The fourth-order valence-electron chi connectivity index (χ4n) is 8.55. The van der Waals surface area contributed by atoms with E-state index in [9.17, 15) is 10.2 Å². The first-order valence-electron chi connectivity index (χ1n) is 11.9. The largest absolute Gasteiger partial charge is 0.393 e. The summed E-state index contributed by atoms with van der Waals surface area (Å²) < 4.78 is 0. The van der Waals surface area contributed by atoms with E-state index in [0.29, 0.717) is 11.3 Å². The van der Waals surface area contributed by atoms with Crippen molar-refractivity contribution < 1.29 is 10.2 Å².